The van der Waals surface area contributed by atoms with E-state index in [0.29, 0.717) is 30.5 Å². The lowest BCUT2D eigenvalue weighted by Crippen LogP contribution is -2.42. The van der Waals surface area contributed by atoms with E-state index < -0.39 is 19.6 Å². The van der Waals surface area contributed by atoms with Crippen molar-refractivity contribution in [1.82, 2.24) is 0 Å². The fourth-order valence-electron chi connectivity index (χ4n) is 1.47. The first-order chi connectivity index (χ1) is 7.62. The Morgan fingerprint density at radius 3 is 2.18 bits per heavy atom. The summed E-state index contributed by atoms with van der Waals surface area (Å²) in [7, 11) is -2.92. The highest BCUT2D eigenvalue weighted by Crippen LogP contribution is 2.03. The highest BCUT2D eigenvalue weighted by atomic mass is 32.2. The van der Waals surface area contributed by atoms with E-state index in [-0.39, 0.29) is 5.75 Å². The molecule has 17 heavy (non-hydrogen) atoms. The molecule has 0 radical (unpaired) electrons. The molecule has 0 aliphatic carbocycles. The number of nitrogens with zero attached hydrogens (tertiary/aromatic N) is 1. The maximum Gasteiger partial charge on any atom is 0.478 e. The van der Waals surface area contributed by atoms with Crippen LogP contribution in [0.5, 0.6) is 0 Å². The van der Waals surface area contributed by atoms with Gasteiger partial charge in [0.25, 0.3) is 10.1 Å². The molecule has 0 fully saturated rings. The van der Waals surface area contributed by atoms with E-state index in [2.05, 4.69) is 0 Å². The van der Waals surface area contributed by atoms with Crippen LogP contribution < -0.4 is 0 Å². The van der Waals surface area contributed by atoms with Gasteiger partial charge in [0.1, 0.15) is 0 Å². The third-order valence-electron chi connectivity index (χ3n) is 2.34. The first-order valence-electron chi connectivity index (χ1n) is 5.37. The average molecular weight is 288 g/mol. The minimum Gasteiger partial charge on any atom is -0.392 e. The molecule has 0 aromatic carbocycles. The molecule has 0 amide bonds. The first kappa shape index (κ1) is 17.0. The molecule has 0 aliphatic heterocycles. The predicted molar refractivity (Wildman–Crippen MR) is 65.0 cm³/mol. The van der Waals surface area contributed by atoms with Crippen molar-refractivity contribution in [2.45, 2.75) is 12.8 Å². The van der Waals surface area contributed by atoms with Gasteiger partial charge in [-0.05, 0) is 0 Å². The Bertz CT molecular complexity index is 305. The zero-order valence-electron chi connectivity index (χ0n) is 10.2. The maximum atomic E-state index is 10.5. The minimum atomic E-state index is -3.88. The zero-order valence-corrected chi connectivity index (χ0v) is 12.2. The third-order valence-corrected chi connectivity index (χ3v) is 3.68. The van der Waals surface area contributed by atoms with Crippen molar-refractivity contribution in [2.24, 2.45) is 0 Å². The van der Waals surface area contributed by atoms with Crippen molar-refractivity contribution in [2.75, 3.05) is 39.5 Å². The quantitative estimate of drug-likeness (QED) is 0.205. The lowest BCUT2D eigenvalue weighted by atomic mass is 10.3. The van der Waals surface area contributed by atoms with Gasteiger partial charge >= 0.3 is 9.53 Å². The molecule has 7 nitrogen and oxygen atoms in total. The summed E-state index contributed by atoms with van der Waals surface area (Å²) in [6.07, 6.45) is 1.06. The van der Waals surface area contributed by atoms with Crippen LogP contribution in [0.4, 0.5) is 0 Å². The number of rotatable bonds is 9. The van der Waals surface area contributed by atoms with Gasteiger partial charge in [-0.1, -0.05) is 0 Å². The smallest absolute Gasteiger partial charge is 0.392 e. The fourth-order valence-corrected chi connectivity index (χ4v) is 2.34. The topological polar surface area (TPSA) is 104 Å². The van der Waals surface area contributed by atoms with Crippen LogP contribution in [0.25, 0.3) is 0 Å². The monoisotopic (exact) mass is 288 g/mol. The summed E-state index contributed by atoms with van der Waals surface area (Å²) in [6, 6.07) is 0. The summed E-state index contributed by atoms with van der Waals surface area (Å²) >= 11 is 0. The Kier molecular flexibility index (Phi) is 7.40. The third kappa shape index (κ3) is 12.2. The van der Waals surface area contributed by atoms with E-state index in [1.54, 1.807) is 0 Å². The highest BCUT2D eigenvalue weighted by Gasteiger charge is 2.16. The lowest BCUT2D eigenvalue weighted by Gasteiger charge is -2.29. The minimum absolute atomic E-state index is 0.229. The van der Waals surface area contributed by atoms with Crippen LogP contribution in [0, 0.1) is 0 Å². The molecule has 9 heteroatoms. The standard InChI is InChI=1S/C8H21NO6SSi/c1-9(2,5-3-7-15-17(13)14)6-4-8-16(10,11)12/h13-14,17H,3-8H2,1-2H3/p+1. The van der Waals surface area contributed by atoms with E-state index in [1.165, 1.54) is 0 Å². The van der Waals surface area contributed by atoms with E-state index in [1.807, 2.05) is 14.1 Å². The molecule has 0 spiro atoms. The second-order valence-corrected chi connectivity index (χ2v) is 7.13. The Labute approximate surface area is 104 Å². The van der Waals surface area contributed by atoms with Gasteiger partial charge in [-0.3, -0.25) is 4.55 Å². The van der Waals surface area contributed by atoms with Gasteiger partial charge in [-0.2, -0.15) is 8.42 Å². The van der Waals surface area contributed by atoms with Gasteiger partial charge in [0.05, 0.1) is 32.9 Å². The maximum absolute atomic E-state index is 10.5. The Morgan fingerprint density at radius 2 is 1.71 bits per heavy atom. The molecule has 0 aromatic rings. The van der Waals surface area contributed by atoms with Crippen LogP contribution in [0.15, 0.2) is 0 Å². The molecule has 0 aliphatic rings. The summed E-state index contributed by atoms with van der Waals surface area (Å²) in [6.45, 7) is 1.66. The molecule has 0 saturated heterocycles. The summed E-state index contributed by atoms with van der Waals surface area (Å²) in [5.41, 5.74) is 0. The number of quaternary nitrogens is 1. The van der Waals surface area contributed by atoms with Gasteiger partial charge < -0.3 is 18.5 Å². The van der Waals surface area contributed by atoms with Gasteiger partial charge in [0.2, 0.25) is 0 Å². The molecule has 0 bridgehead atoms. The van der Waals surface area contributed by atoms with Crippen LogP contribution in [-0.4, -0.2) is 76.1 Å². The molecule has 104 valence electrons. The second kappa shape index (κ2) is 7.41. The van der Waals surface area contributed by atoms with E-state index in [4.69, 9.17) is 18.6 Å². The van der Waals surface area contributed by atoms with Gasteiger partial charge in [0, 0.05) is 19.4 Å². The van der Waals surface area contributed by atoms with Crippen molar-refractivity contribution < 1.29 is 31.5 Å². The molecule has 0 heterocycles. The Morgan fingerprint density at radius 1 is 1.18 bits per heavy atom. The Hall–Kier alpha value is -0.0331. The van der Waals surface area contributed by atoms with Crippen LogP contribution in [0.3, 0.4) is 0 Å². The average Bonchev–Trinajstić information content (AvgIpc) is 2.09. The summed E-state index contributed by atoms with van der Waals surface area (Å²) in [5, 5.41) is 0. The van der Waals surface area contributed by atoms with Crippen molar-refractivity contribution >= 4 is 19.6 Å². The lowest BCUT2D eigenvalue weighted by molar-refractivity contribution is -0.890. The molecular weight excluding hydrogens is 266 g/mol. The van der Waals surface area contributed by atoms with Crippen molar-refractivity contribution in [3.63, 3.8) is 0 Å². The number of hydrogen-bond acceptors (Lipinski definition) is 5. The molecule has 0 rings (SSSR count). The molecule has 0 unspecified atom stereocenters. The van der Waals surface area contributed by atoms with Gasteiger partial charge in [-0.25, -0.2) is 0 Å². The van der Waals surface area contributed by atoms with Crippen molar-refractivity contribution in [3.8, 4) is 0 Å². The fraction of sp³-hybridized carbons (Fsp3) is 1.00. The first-order valence-corrected chi connectivity index (χ1v) is 8.49. The summed E-state index contributed by atoms with van der Waals surface area (Å²) in [5.74, 6) is -0.229. The molecule has 0 saturated carbocycles. The van der Waals surface area contributed by atoms with Crippen molar-refractivity contribution in [1.29, 1.82) is 0 Å². The van der Waals surface area contributed by atoms with Crippen LogP contribution in [0.2, 0.25) is 0 Å². The van der Waals surface area contributed by atoms with Crippen molar-refractivity contribution in [3.05, 3.63) is 0 Å². The Balaban J connectivity index is 3.72. The summed E-state index contributed by atoms with van der Waals surface area (Å²) < 4.78 is 34.9. The highest BCUT2D eigenvalue weighted by molar-refractivity contribution is 7.85. The second-order valence-electron chi connectivity index (χ2n) is 4.57. The van der Waals surface area contributed by atoms with Gasteiger partial charge in [0.15, 0.2) is 0 Å². The largest absolute Gasteiger partial charge is 0.478 e. The predicted octanol–water partition coefficient (Wildman–Crippen LogP) is -1.55. The zero-order chi connectivity index (χ0) is 13.5. The van der Waals surface area contributed by atoms with Crippen LogP contribution >= 0.6 is 0 Å². The van der Waals surface area contributed by atoms with E-state index >= 15 is 0 Å². The molecule has 0 aromatic heterocycles. The van der Waals surface area contributed by atoms with Gasteiger partial charge in [-0.15, -0.1) is 0 Å². The van der Waals surface area contributed by atoms with Crippen LogP contribution in [0.1, 0.15) is 12.8 Å². The summed E-state index contributed by atoms with van der Waals surface area (Å²) in [4.78, 5) is 17.2. The molecule has 3 N–H and O–H groups in total. The normalized spacial score (nSPS) is 13.3. The SMILES string of the molecule is C[N+](C)(CCCO[SiH](O)O)CCCS(=O)(=O)O. The number of hydrogen-bond donors (Lipinski definition) is 3. The molecular formula is C8H22NO6SSi+. The van der Waals surface area contributed by atoms with E-state index in [9.17, 15) is 8.42 Å². The molecule has 0 atom stereocenters. The van der Waals surface area contributed by atoms with E-state index in [0.717, 1.165) is 6.54 Å². The van der Waals surface area contributed by atoms with Crippen LogP contribution in [-0.2, 0) is 14.5 Å².